The number of aliphatic hydroxyl groups is 7. The molecular formula is C15H28O11. The number of rotatable bonds is 6. The van der Waals surface area contributed by atoms with Gasteiger partial charge in [-0.25, -0.2) is 0 Å². The fraction of sp³-hybridized carbons (Fsp3) is 1.00. The molecule has 7 N–H and O–H groups in total. The molecular weight excluding hydrogens is 356 g/mol. The predicted molar refractivity (Wildman–Crippen MR) is 82.6 cm³/mol. The average Bonchev–Trinajstić information content (AvgIpc) is 2.60. The smallest absolute Gasteiger partial charge is 0.186 e. The monoisotopic (exact) mass is 384 g/mol. The van der Waals surface area contributed by atoms with E-state index >= 15 is 0 Å². The Morgan fingerprint density at radius 1 is 0.731 bits per heavy atom. The molecule has 2 saturated heterocycles. The van der Waals surface area contributed by atoms with E-state index in [0.29, 0.717) is 0 Å². The van der Waals surface area contributed by atoms with Crippen molar-refractivity contribution in [3.8, 4) is 0 Å². The summed E-state index contributed by atoms with van der Waals surface area (Å²) in [5.41, 5.74) is 0. The van der Waals surface area contributed by atoms with Crippen molar-refractivity contribution in [2.24, 2.45) is 0 Å². The Morgan fingerprint density at radius 2 is 1.23 bits per heavy atom. The number of ether oxygens (including phenoxy) is 4. The number of hydrogen-bond acceptors (Lipinski definition) is 11. The van der Waals surface area contributed by atoms with Crippen molar-refractivity contribution in [2.75, 3.05) is 13.2 Å². The number of hydrogen-bond donors (Lipinski definition) is 7. The summed E-state index contributed by atoms with van der Waals surface area (Å²) in [5.74, 6) is 0. The maximum absolute atomic E-state index is 10.0. The Bertz CT molecular complexity index is 434. The topological polar surface area (TPSA) is 179 Å². The van der Waals surface area contributed by atoms with Gasteiger partial charge in [0.15, 0.2) is 12.6 Å². The highest BCUT2D eigenvalue weighted by Gasteiger charge is 2.47. The molecule has 0 aromatic rings. The molecule has 0 saturated carbocycles. The van der Waals surface area contributed by atoms with E-state index in [4.69, 9.17) is 24.1 Å². The zero-order chi connectivity index (χ0) is 19.6. The fourth-order valence-electron chi connectivity index (χ4n) is 2.83. The van der Waals surface area contributed by atoms with E-state index in [9.17, 15) is 30.6 Å². The van der Waals surface area contributed by atoms with Crippen LogP contribution in [0.5, 0.6) is 0 Å². The zero-order valence-electron chi connectivity index (χ0n) is 14.5. The molecule has 26 heavy (non-hydrogen) atoms. The van der Waals surface area contributed by atoms with Crippen molar-refractivity contribution in [3.05, 3.63) is 0 Å². The van der Waals surface area contributed by atoms with Crippen molar-refractivity contribution >= 4 is 0 Å². The molecule has 0 amide bonds. The second kappa shape index (κ2) is 9.17. The molecule has 0 unspecified atom stereocenters. The molecule has 11 heteroatoms. The minimum absolute atomic E-state index is 0.316. The Morgan fingerprint density at radius 3 is 1.77 bits per heavy atom. The van der Waals surface area contributed by atoms with E-state index in [1.54, 1.807) is 13.8 Å². The van der Waals surface area contributed by atoms with Crippen LogP contribution in [0.15, 0.2) is 0 Å². The lowest BCUT2D eigenvalue weighted by atomic mass is 9.98. The van der Waals surface area contributed by atoms with Crippen molar-refractivity contribution in [1.82, 2.24) is 0 Å². The van der Waals surface area contributed by atoms with Crippen LogP contribution >= 0.6 is 0 Å². The molecule has 2 fully saturated rings. The predicted octanol–water partition coefficient (Wildman–Crippen LogP) is -3.96. The maximum atomic E-state index is 10.0. The van der Waals surface area contributed by atoms with Gasteiger partial charge in [-0.3, -0.25) is 0 Å². The molecule has 0 aromatic heterocycles. The molecule has 2 aliphatic rings. The third kappa shape index (κ3) is 4.69. The van der Waals surface area contributed by atoms with Crippen molar-refractivity contribution in [3.63, 3.8) is 0 Å². The van der Waals surface area contributed by atoms with Crippen LogP contribution in [0.25, 0.3) is 0 Å². The lowest BCUT2D eigenvalue weighted by Gasteiger charge is -2.43. The SMILES string of the molecule is CC(C)O[C@@H]1O[C@H](CO[C@@H]2O[C@H](CO)[C@@H](O)[C@H](O)[C@H]2O)[C@H](O)[C@H](O)[C@H]1O. The third-order valence-electron chi connectivity index (χ3n) is 4.35. The highest BCUT2D eigenvalue weighted by atomic mass is 16.7. The van der Waals surface area contributed by atoms with Crippen LogP contribution in [-0.4, -0.2) is 116 Å². The summed E-state index contributed by atoms with van der Waals surface area (Å²) in [6.45, 7) is 2.41. The molecule has 154 valence electrons. The normalized spacial score (nSPS) is 47.3. The molecule has 2 aliphatic heterocycles. The highest BCUT2D eigenvalue weighted by molar-refractivity contribution is 4.91. The first-order valence-corrected chi connectivity index (χ1v) is 8.44. The van der Waals surface area contributed by atoms with Gasteiger partial charge in [-0.2, -0.15) is 0 Å². The van der Waals surface area contributed by atoms with Crippen LogP contribution in [0.2, 0.25) is 0 Å². The first-order valence-electron chi connectivity index (χ1n) is 8.44. The highest BCUT2D eigenvalue weighted by Crippen LogP contribution is 2.26. The molecule has 2 rings (SSSR count). The summed E-state index contributed by atoms with van der Waals surface area (Å²) in [5, 5.41) is 68.4. The fourth-order valence-corrected chi connectivity index (χ4v) is 2.83. The lowest BCUT2D eigenvalue weighted by molar-refractivity contribution is -0.334. The van der Waals surface area contributed by atoms with Crippen molar-refractivity contribution < 1.29 is 54.7 Å². The van der Waals surface area contributed by atoms with Crippen LogP contribution in [-0.2, 0) is 18.9 Å². The minimum Gasteiger partial charge on any atom is -0.394 e. The molecule has 11 nitrogen and oxygen atoms in total. The van der Waals surface area contributed by atoms with Gasteiger partial charge in [0.2, 0.25) is 0 Å². The Balaban J connectivity index is 1.98. The standard InChI is InChI=1S/C15H28O11/c1-5(2)24-15-13(22)11(20)9(18)7(26-15)4-23-14-12(21)10(19)8(17)6(3-16)25-14/h5-22H,3-4H2,1-2H3/t6-,7-,8-,9+,10+,11+,12-,13-,14-,15-/m1/s1. The maximum Gasteiger partial charge on any atom is 0.186 e. The molecule has 0 aromatic carbocycles. The van der Waals surface area contributed by atoms with Gasteiger partial charge in [-0.1, -0.05) is 0 Å². The first kappa shape index (κ1) is 21.9. The third-order valence-corrected chi connectivity index (χ3v) is 4.35. The average molecular weight is 384 g/mol. The molecule has 0 bridgehead atoms. The van der Waals surface area contributed by atoms with E-state index in [-0.39, 0.29) is 12.7 Å². The Labute approximate surface area is 150 Å². The first-order chi connectivity index (χ1) is 12.2. The summed E-state index contributed by atoms with van der Waals surface area (Å²) in [7, 11) is 0. The van der Waals surface area contributed by atoms with Crippen molar-refractivity contribution in [1.29, 1.82) is 0 Å². The summed E-state index contributed by atoms with van der Waals surface area (Å²) in [6, 6.07) is 0. The molecule has 0 radical (unpaired) electrons. The van der Waals surface area contributed by atoms with E-state index in [1.807, 2.05) is 0 Å². The lowest BCUT2D eigenvalue weighted by Crippen LogP contribution is -2.61. The van der Waals surface area contributed by atoms with Gasteiger partial charge in [0, 0.05) is 0 Å². The van der Waals surface area contributed by atoms with Gasteiger partial charge in [-0.05, 0) is 13.8 Å². The van der Waals surface area contributed by atoms with Crippen LogP contribution < -0.4 is 0 Å². The Kier molecular flexibility index (Phi) is 7.71. The van der Waals surface area contributed by atoms with Gasteiger partial charge in [0.1, 0.15) is 48.8 Å². The molecule has 2 heterocycles. The second-order valence-electron chi connectivity index (χ2n) is 6.73. The van der Waals surface area contributed by atoms with Gasteiger partial charge in [0.05, 0.1) is 19.3 Å². The zero-order valence-corrected chi connectivity index (χ0v) is 14.5. The molecule has 0 spiro atoms. The Hall–Kier alpha value is -0.440. The molecule has 0 aliphatic carbocycles. The summed E-state index contributed by atoms with van der Waals surface area (Å²) in [6.07, 6.45) is -14.4. The quantitative estimate of drug-likeness (QED) is 0.237. The molecule has 10 atom stereocenters. The number of aliphatic hydroxyl groups excluding tert-OH is 7. The second-order valence-corrected chi connectivity index (χ2v) is 6.73. The summed E-state index contributed by atoms with van der Waals surface area (Å²) >= 11 is 0. The summed E-state index contributed by atoms with van der Waals surface area (Å²) < 4.78 is 21.2. The van der Waals surface area contributed by atoms with Gasteiger partial charge >= 0.3 is 0 Å². The van der Waals surface area contributed by atoms with Gasteiger partial charge in [-0.15, -0.1) is 0 Å². The van der Waals surface area contributed by atoms with E-state index in [0.717, 1.165) is 0 Å². The van der Waals surface area contributed by atoms with E-state index in [2.05, 4.69) is 0 Å². The van der Waals surface area contributed by atoms with Crippen LogP contribution in [0, 0.1) is 0 Å². The van der Waals surface area contributed by atoms with Crippen molar-refractivity contribution in [2.45, 2.75) is 81.4 Å². The summed E-state index contributed by atoms with van der Waals surface area (Å²) in [4.78, 5) is 0. The van der Waals surface area contributed by atoms with Gasteiger partial charge in [0.25, 0.3) is 0 Å². The van der Waals surface area contributed by atoms with Gasteiger partial charge < -0.3 is 54.7 Å². The van der Waals surface area contributed by atoms with Crippen LogP contribution in [0.3, 0.4) is 0 Å². The minimum atomic E-state index is -1.60. The van der Waals surface area contributed by atoms with Crippen LogP contribution in [0.4, 0.5) is 0 Å². The van der Waals surface area contributed by atoms with Crippen LogP contribution in [0.1, 0.15) is 13.8 Å². The van der Waals surface area contributed by atoms with E-state index < -0.39 is 68.0 Å². The van der Waals surface area contributed by atoms with E-state index in [1.165, 1.54) is 0 Å². The largest absolute Gasteiger partial charge is 0.394 e.